The lowest BCUT2D eigenvalue weighted by Crippen LogP contribution is -2.31. The molecule has 0 heterocycles. The van der Waals surface area contributed by atoms with Crippen LogP contribution >= 0.6 is 23.2 Å². The summed E-state index contributed by atoms with van der Waals surface area (Å²) in [6.45, 7) is 2.12. The van der Waals surface area contributed by atoms with Crippen molar-refractivity contribution in [3.8, 4) is 11.5 Å². The molecule has 1 amide bonds. The molecule has 4 nitrogen and oxygen atoms in total. The maximum Gasteiger partial charge on any atom is 0.237 e. The van der Waals surface area contributed by atoms with Crippen LogP contribution in [0.4, 0.5) is 0 Å². The molecule has 0 bridgehead atoms. The summed E-state index contributed by atoms with van der Waals surface area (Å²) in [5.41, 5.74) is 0.949. The second-order valence-electron chi connectivity index (χ2n) is 3.97. The van der Waals surface area contributed by atoms with Crippen LogP contribution in [0, 0.1) is 0 Å². The lowest BCUT2D eigenvalue weighted by Gasteiger charge is -2.12. The number of halogens is 2. The van der Waals surface area contributed by atoms with E-state index in [1.165, 1.54) is 7.11 Å². The summed E-state index contributed by atoms with van der Waals surface area (Å²) in [5.74, 6) is 0.890. The minimum atomic E-state index is -0.533. The first-order valence-corrected chi connectivity index (χ1v) is 6.63. The molecule has 19 heavy (non-hydrogen) atoms. The quantitative estimate of drug-likeness (QED) is 0.822. The van der Waals surface area contributed by atoms with Gasteiger partial charge in [-0.2, -0.15) is 0 Å². The van der Waals surface area contributed by atoms with Gasteiger partial charge in [-0.15, -0.1) is 11.6 Å². The molecule has 0 aliphatic carbocycles. The van der Waals surface area contributed by atoms with Gasteiger partial charge in [-0.1, -0.05) is 11.6 Å². The molecule has 1 aromatic carbocycles. The van der Waals surface area contributed by atoms with Gasteiger partial charge >= 0.3 is 0 Å². The van der Waals surface area contributed by atoms with Crippen LogP contribution in [0.3, 0.4) is 0 Å². The molecule has 1 aromatic rings. The predicted molar refractivity (Wildman–Crippen MR) is 76.6 cm³/mol. The average molecular weight is 306 g/mol. The van der Waals surface area contributed by atoms with Gasteiger partial charge in [-0.25, -0.2) is 0 Å². The molecule has 0 radical (unpaired) electrons. The van der Waals surface area contributed by atoms with E-state index in [0.717, 1.165) is 5.56 Å². The number of nitrogens with one attached hydrogen (secondary N) is 1. The Balaban J connectivity index is 2.69. The van der Waals surface area contributed by atoms with E-state index in [1.807, 2.05) is 6.07 Å². The van der Waals surface area contributed by atoms with E-state index in [2.05, 4.69) is 5.32 Å². The normalized spacial score (nSPS) is 11.8. The van der Waals surface area contributed by atoms with Gasteiger partial charge in [0.2, 0.25) is 5.91 Å². The van der Waals surface area contributed by atoms with Crippen molar-refractivity contribution < 1.29 is 14.3 Å². The maximum atomic E-state index is 11.3. The molecule has 6 heteroatoms. The SMILES string of the molecule is COc1cc(CCNC(=O)C(C)Cl)cc(Cl)c1OC. The van der Waals surface area contributed by atoms with Crippen LogP contribution in [-0.4, -0.2) is 32.0 Å². The Hall–Kier alpha value is -1.13. The standard InChI is InChI=1S/C13H17Cl2NO3/c1-8(14)13(17)16-5-4-9-6-10(15)12(19-3)11(7-9)18-2/h6-8H,4-5H2,1-3H3,(H,16,17). The average Bonchev–Trinajstić information content (AvgIpc) is 2.37. The van der Waals surface area contributed by atoms with Gasteiger partial charge in [0, 0.05) is 6.54 Å². The first-order chi connectivity index (χ1) is 8.99. The number of carbonyl (C=O) groups is 1. The molecule has 1 atom stereocenters. The first-order valence-electron chi connectivity index (χ1n) is 5.81. The van der Waals surface area contributed by atoms with Crippen molar-refractivity contribution in [3.63, 3.8) is 0 Å². The number of amides is 1. The van der Waals surface area contributed by atoms with Crippen LogP contribution in [0.1, 0.15) is 12.5 Å². The summed E-state index contributed by atoms with van der Waals surface area (Å²) in [4.78, 5) is 11.3. The Labute approximate surface area is 123 Å². The highest BCUT2D eigenvalue weighted by molar-refractivity contribution is 6.32. The Morgan fingerprint density at radius 2 is 2.05 bits per heavy atom. The van der Waals surface area contributed by atoms with E-state index < -0.39 is 5.38 Å². The first kappa shape index (κ1) is 15.9. The number of alkyl halides is 1. The molecular formula is C13H17Cl2NO3. The van der Waals surface area contributed by atoms with E-state index in [0.29, 0.717) is 29.5 Å². The number of methoxy groups -OCH3 is 2. The molecule has 0 saturated carbocycles. The van der Waals surface area contributed by atoms with E-state index in [4.69, 9.17) is 32.7 Å². The van der Waals surface area contributed by atoms with Crippen molar-refractivity contribution in [2.45, 2.75) is 18.7 Å². The Kier molecular flexibility index (Phi) is 6.25. The lowest BCUT2D eigenvalue weighted by molar-refractivity contribution is -0.120. The van der Waals surface area contributed by atoms with Gasteiger partial charge in [0.1, 0.15) is 5.38 Å². The predicted octanol–water partition coefficient (Wildman–Crippen LogP) is 2.64. The molecule has 0 fully saturated rings. The van der Waals surface area contributed by atoms with Gasteiger partial charge in [-0.05, 0) is 31.0 Å². The van der Waals surface area contributed by atoms with E-state index >= 15 is 0 Å². The topological polar surface area (TPSA) is 47.6 Å². The lowest BCUT2D eigenvalue weighted by atomic mass is 10.1. The fourth-order valence-electron chi connectivity index (χ4n) is 1.59. The third-order valence-corrected chi connectivity index (χ3v) is 3.05. The number of rotatable bonds is 6. The summed E-state index contributed by atoms with van der Waals surface area (Å²) < 4.78 is 10.4. The number of hydrogen-bond acceptors (Lipinski definition) is 3. The smallest absolute Gasteiger partial charge is 0.237 e. The Morgan fingerprint density at radius 3 is 2.58 bits per heavy atom. The largest absolute Gasteiger partial charge is 0.493 e. The third-order valence-electron chi connectivity index (χ3n) is 2.57. The number of ether oxygens (including phenoxy) is 2. The monoisotopic (exact) mass is 305 g/mol. The number of benzene rings is 1. The van der Waals surface area contributed by atoms with Crippen LogP contribution < -0.4 is 14.8 Å². The van der Waals surface area contributed by atoms with Crippen molar-refractivity contribution in [3.05, 3.63) is 22.7 Å². The Morgan fingerprint density at radius 1 is 1.37 bits per heavy atom. The van der Waals surface area contributed by atoms with Crippen molar-refractivity contribution in [1.29, 1.82) is 0 Å². The minimum absolute atomic E-state index is 0.187. The second-order valence-corrected chi connectivity index (χ2v) is 5.03. The van der Waals surface area contributed by atoms with Gasteiger partial charge < -0.3 is 14.8 Å². The molecule has 0 spiro atoms. The highest BCUT2D eigenvalue weighted by Gasteiger charge is 2.12. The second kappa shape index (κ2) is 7.46. The zero-order valence-corrected chi connectivity index (χ0v) is 12.6. The summed E-state index contributed by atoms with van der Waals surface area (Å²) in [5, 5.41) is 2.68. The van der Waals surface area contributed by atoms with Crippen molar-refractivity contribution in [1.82, 2.24) is 5.32 Å². The van der Waals surface area contributed by atoms with Crippen LogP contribution in [0.2, 0.25) is 5.02 Å². The highest BCUT2D eigenvalue weighted by Crippen LogP contribution is 2.36. The number of carbonyl (C=O) groups excluding carboxylic acids is 1. The van der Waals surface area contributed by atoms with E-state index in [9.17, 15) is 4.79 Å². The zero-order chi connectivity index (χ0) is 14.4. The van der Waals surface area contributed by atoms with Crippen molar-refractivity contribution in [2.24, 2.45) is 0 Å². The minimum Gasteiger partial charge on any atom is -0.493 e. The van der Waals surface area contributed by atoms with Crippen LogP contribution in [0.25, 0.3) is 0 Å². The molecule has 1 unspecified atom stereocenters. The van der Waals surface area contributed by atoms with Gasteiger partial charge in [0.05, 0.1) is 19.2 Å². The molecule has 1 N–H and O–H groups in total. The molecular weight excluding hydrogens is 289 g/mol. The highest BCUT2D eigenvalue weighted by atomic mass is 35.5. The molecule has 0 saturated heterocycles. The maximum absolute atomic E-state index is 11.3. The molecule has 1 rings (SSSR count). The zero-order valence-electron chi connectivity index (χ0n) is 11.1. The van der Waals surface area contributed by atoms with Crippen LogP contribution in [-0.2, 0) is 11.2 Å². The van der Waals surface area contributed by atoms with Gasteiger partial charge in [0.15, 0.2) is 11.5 Å². The Bertz CT molecular complexity index is 450. The van der Waals surface area contributed by atoms with Crippen LogP contribution in [0.15, 0.2) is 12.1 Å². The fourth-order valence-corrected chi connectivity index (χ4v) is 1.97. The summed E-state index contributed by atoms with van der Waals surface area (Å²) in [6.07, 6.45) is 0.634. The van der Waals surface area contributed by atoms with Crippen molar-refractivity contribution in [2.75, 3.05) is 20.8 Å². The van der Waals surface area contributed by atoms with E-state index in [1.54, 1.807) is 20.1 Å². The molecule has 106 valence electrons. The fraction of sp³-hybridized carbons (Fsp3) is 0.462. The van der Waals surface area contributed by atoms with Crippen LogP contribution in [0.5, 0.6) is 11.5 Å². The summed E-state index contributed by atoms with van der Waals surface area (Å²) >= 11 is 11.7. The molecule has 0 aliphatic rings. The van der Waals surface area contributed by atoms with Gasteiger partial charge in [-0.3, -0.25) is 4.79 Å². The molecule has 0 aliphatic heterocycles. The number of hydrogen-bond donors (Lipinski definition) is 1. The van der Waals surface area contributed by atoms with E-state index in [-0.39, 0.29) is 5.91 Å². The third kappa shape index (κ3) is 4.48. The summed E-state index contributed by atoms with van der Waals surface area (Å²) in [6, 6.07) is 3.63. The molecule has 0 aromatic heterocycles. The summed E-state index contributed by atoms with van der Waals surface area (Å²) in [7, 11) is 3.08. The van der Waals surface area contributed by atoms with Crippen molar-refractivity contribution >= 4 is 29.1 Å². The van der Waals surface area contributed by atoms with Gasteiger partial charge in [0.25, 0.3) is 0 Å².